The van der Waals surface area contributed by atoms with Gasteiger partial charge in [-0.3, -0.25) is 0 Å². The molecule has 1 rings (SSSR count). The lowest BCUT2D eigenvalue weighted by Gasteiger charge is -2.17. The number of hydrogen-bond donors (Lipinski definition) is 1. The van der Waals surface area contributed by atoms with Crippen LogP contribution in [0.25, 0.3) is 0 Å². The van der Waals surface area contributed by atoms with Crippen molar-refractivity contribution in [1.82, 2.24) is 5.32 Å². The number of nitrogens with one attached hydrogen (secondary N) is 1. The van der Waals surface area contributed by atoms with E-state index in [4.69, 9.17) is 11.6 Å². The van der Waals surface area contributed by atoms with Crippen LogP contribution < -0.4 is 5.32 Å². The van der Waals surface area contributed by atoms with Crippen LogP contribution in [0.15, 0.2) is 24.3 Å². The summed E-state index contributed by atoms with van der Waals surface area (Å²) in [5.74, 6) is 6.02. The second kappa shape index (κ2) is 7.33. The van der Waals surface area contributed by atoms with Gasteiger partial charge in [-0.25, -0.2) is 0 Å². The fourth-order valence-electron chi connectivity index (χ4n) is 1.70. The molecule has 0 aliphatic carbocycles. The van der Waals surface area contributed by atoms with Crippen LogP contribution in [0.4, 0.5) is 0 Å². The summed E-state index contributed by atoms with van der Waals surface area (Å²) in [6.45, 7) is 4.95. The molecular weight excluding hydrogens is 218 g/mol. The summed E-state index contributed by atoms with van der Waals surface area (Å²) in [7, 11) is 0. The Labute approximate surface area is 103 Å². The van der Waals surface area contributed by atoms with Gasteiger partial charge in [-0.05, 0) is 37.6 Å². The Bertz CT molecular complexity index is 376. The minimum atomic E-state index is 0.351. The largest absolute Gasteiger partial charge is 0.310 e. The third-order valence-electron chi connectivity index (χ3n) is 2.44. The van der Waals surface area contributed by atoms with Crippen LogP contribution >= 0.6 is 11.6 Å². The molecule has 16 heavy (non-hydrogen) atoms. The zero-order chi connectivity index (χ0) is 11.8. The highest BCUT2D eigenvalue weighted by molar-refractivity contribution is 6.30. The van der Waals surface area contributed by atoms with Crippen molar-refractivity contribution in [3.63, 3.8) is 0 Å². The first kappa shape index (κ1) is 13.1. The topological polar surface area (TPSA) is 12.0 Å². The maximum Gasteiger partial charge on any atom is 0.0409 e. The Kier molecular flexibility index (Phi) is 6.00. The highest BCUT2D eigenvalue weighted by Crippen LogP contribution is 2.21. The van der Waals surface area contributed by atoms with Crippen LogP contribution in [0.3, 0.4) is 0 Å². The van der Waals surface area contributed by atoms with Gasteiger partial charge in [-0.2, -0.15) is 0 Å². The molecule has 1 unspecified atom stereocenters. The second-order valence-electron chi connectivity index (χ2n) is 3.63. The highest BCUT2D eigenvalue weighted by Gasteiger charge is 2.09. The predicted molar refractivity (Wildman–Crippen MR) is 70.6 cm³/mol. The van der Waals surface area contributed by atoms with Crippen molar-refractivity contribution in [3.05, 3.63) is 34.9 Å². The molecule has 0 fully saturated rings. The average Bonchev–Trinajstić information content (AvgIpc) is 2.28. The van der Waals surface area contributed by atoms with E-state index in [0.29, 0.717) is 6.04 Å². The van der Waals surface area contributed by atoms with Crippen LogP contribution in [0.2, 0.25) is 5.02 Å². The van der Waals surface area contributed by atoms with Gasteiger partial charge in [0.25, 0.3) is 0 Å². The molecule has 2 heteroatoms. The Hall–Kier alpha value is -0.970. The van der Waals surface area contributed by atoms with Crippen molar-refractivity contribution >= 4 is 11.6 Å². The molecule has 1 N–H and O–H groups in total. The van der Waals surface area contributed by atoms with E-state index in [1.54, 1.807) is 0 Å². The van der Waals surface area contributed by atoms with Gasteiger partial charge < -0.3 is 5.32 Å². The monoisotopic (exact) mass is 235 g/mol. The quantitative estimate of drug-likeness (QED) is 0.766. The van der Waals surface area contributed by atoms with Gasteiger partial charge >= 0.3 is 0 Å². The summed E-state index contributed by atoms with van der Waals surface area (Å²) < 4.78 is 0. The van der Waals surface area contributed by atoms with Gasteiger partial charge in [0.2, 0.25) is 0 Å². The fraction of sp³-hybridized carbons (Fsp3) is 0.429. The molecule has 0 spiro atoms. The minimum Gasteiger partial charge on any atom is -0.310 e. The van der Waals surface area contributed by atoms with E-state index >= 15 is 0 Å². The van der Waals surface area contributed by atoms with Crippen LogP contribution in [0.1, 0.15) is 38.3 Å². The van der Waals surface area contributed by atoms with Crippen molar-refractivity contribution in [3.8, 4) is 11.8 Å². The molecule has 0 heterocycles. The van der Waals surface area contributed by atoms with E-state index in [2.05, 4.69) is 30.1 Å². The summed E-state index contributed by atoms with van der Waals surface area (Å²) in [5, 5.41) is 4.25. The summed E-state index contributed by atoms with van der Waals surface area (Å²) >= 11 is 5.99. The first-order chi connectivity index (χ1) is 7.77. The third-order valence-corrected chi connectivity index (χ3v) is 2.67. The Balaban J connectivity index is 2.70. The van der Waals surface area contributed by atoms with E-state index in [-0.39, 0.29) is 0 Å². The third kappa shape index (κ3) is 4.26. The zero-order valence-electron chi connectivity index (χ0n) is 9.89. The zero-order valence-corrected chi connectivity index (χ0v) is 10.6. The van der Waals surface area contributed by atoms with Crippen molar-refractivity contribution < 1.29 is 0 Å². The Morgan fingerprint density at radius 1 is 1.44 bits per heavy atom. The van der Waals surface area contributed by atoms with Crippen molar-refractivity contribution in [2.75, 3.05) is 6.54 Å². The van der Waals surface area contributed by atoms with Gasteiger partial charge in [0.05, 0.1) is 0 Å². The molecule has 0 aliphatic rings. The molecule has 1 aromatic rings. The molecule has 1 atom stereocenters. The first-order valence-corrected chi connectivity index (χ1v) is 6.04. The second-order valence-corrected chi connectivity index (χ2v) is 4.07. The van der Waals surface area contributed by atoms with Crippen LogP contribution in [0, 0.1) is 11.8 Å². The Morgan fingerprint density at radius 2 is 2.25 bits per heavy atom. The van der Waals surface area contributed by atoms with Crippen LogP contribution in [-0.4, -0.2) is 6.54 Å². The standard InChI is InChI=1S/C14H18ClN/c1-3-5-6-10-14(16-4-2)12-8-7-9-13(15)11-12/h7-9,11,14,16H,4,6,10H2,1-2H3. The molecule has 86 valence electrons. The first-order valence-electron chi connectivity index (χ1n) is 5.66. The smallest absolute Gasteiger partial charge is 0.0409 e. The van der Waals surface area contributed by atoms with E-state index in [9.17, 15) is 0 Å². The molecule has 0 bridgehead atoms. The summed E-state index contributed by atoms with van der Waals surface area (Å²) in [5.41, 5.74) is 1.24. The molecule has 0 saturated carbocycles. The molecule has 0 saturated heterocycles. The lowest BCUT2D eigenvalue weighted by atomic mass is 10.0. The lowest BCUT2D eigenvalue weighted by molar-refractivity contribution is 0.522. The average molecular weight is 236 g/mol. The van der Waals surface area contributed by atoms with Crippen LogP contribution in [0.5, 0.6) is 0 Å². The number of halogens is 1. The normalized spacial score (nSPS) is 11.7. The molecule has 0 aliphatic heterocycles. The van der Waals surface area contributed by atoms with Gasteiger partial charge in [0.1, 0.15) is 0 Å². The predicted octanol–water partition coefficient (Wildman–Crippen LogP) is 3.79. The maximum atomic E-state index is 5.99. The molecule has 0 amide bonds. The van der Waals surface area contributed by atoms with Gasteiger partial charge in [0.15, 0.2) is 0 Å². The van der Waals surface area contributed by atoms with E-state index in [1.165, 1.54) is 5.56 Å². The van der Waals surface area contributed by atoms with E-state index in [1.807, 2.05) is 25.1 Å². The maximum absolute atomic E-state index is 5.99. The van der Waals surface area contributed by atoms with Gasteiger partial charge in [0, 0.05) is 17.5 Å². The van der Waals surface area contributed by atoms with Crippen molar-refractivity contribution in [2.45, 2.75) is 32.7 Å². The van der Waals surface area contributed by atoms with Gasteiger partial charge in [-0.15, -0.1) is 11.8 Å². The molecule has 1 nitrogen and oxygen atoms in total. The number of rotatable bonds is 5. The van der Waals surface area contributed by atoms with Gasteiger partial charge in [-0.1, -0.05) is 30.7 Å². The molecule has 1 aromatic carbocycles. The van der Waals surface area contributed by atoms with Crippen molar-refractivity contribution in [2.24, 2.45) is 0 Å². The molecule has 0 aromatic heterocycles. The SMILES string of the molecule is CC#CCCC(NCC)c1cccc(Cl)c1. The van der Waals surface area contributed by atoms with E-state index < -0.39 is 0 Å². The molecule has 0 radical (unpaired) electrons. The summed E-state index contributed by atoms with van der Waals surface area (Å²) in [6.07, 6.45) is 1.94. The summed E-state index contributed by atoms with van der Waals surface area (Å²) in [4.78, 5) is 0. The Morgan fingerprint density at radius 3 is 2.88 bits per heavy atom. The van der Waals surface area contributed by atoms with Crippen molar-refractivity contribution in [1.29, 1.82) is 0 Å². The fourth-order valence-corrected chi connectivity index (χ4v) is 1.90. The molecular formula is C14H18ClN. The number of benzene rings is 1. The minimum absolute atomic E-state index is 0.351. The lowest BCUT2D eigenvalue weighted by Crippen LogP contribution is -2.20. The van der Waals surface area contributed by atoms with Crippen LogP contribution in [-0.2, 0) is 0 Å². The van der Waals surface area contributed by atoms with E-state index in [0.717, 1.165) is 24.4 Å². The number of hydrogen-bond acceptors (Lipinski definition) is 1. The summed E-state index contributed by atoms with van der Waals surface area (Å²) in [6, 6.07) is 8.38. The highest BCUT2D eigenvalue weighted by atomic mass is 35.5.